The Bertz CT molecular complexity index is 1260. The summed E-state index contributed by atoms with van der Waals surface area (Å²) in [6.07, 6.45) is 4.11. The molecule has 0 spiro atoms. The lowest BCUT2D eigenvalue weighted by Crippen LogP contribution is -2.53. The lowest BCUT2D eigenvalue weighted by atomic mass is 9.90. The van der Waals surface area contributed by atoms with E-state index in [-0.39, 0.29) is 36.5 Å². The van der Waals surface area contributed by atoms with Gasteiger partial charge >= 0.3 is 0 Å². The van der Waals surface area contributed by atoms with Gasteiger partial charge in [0.15, 0.2) is 0 Å². The number of amides is 1. The fraction of sp³-hybridized carbons (Fsp3) is 0.379. The average molecular weight is 486 g/mol. The van der Waals surface area contributed by atoms with Crippen LogP contribution in [0.25, 0.3) is 10.8 Å². The van der Waals surface area contributed by atoms with E-state index >= 15 is 0 Å². The van der Waals surface area contributed by atoms with Crippen LogP contribution in [0.5, 0.6) is 0 Å². The quantitative estimate of drug-likeness (QED) is 0.303. The number of fused-ring (bicyclic) bond motifs is 2. The first-order valence-electron chi connectivity index (χ1n) is 12.8. The molecule has 3 aromatic rings. The van der Waals surface area contributed by atoms with Gasteiger partial charge in [0.1, 0.15) is 11.9 Å². The third-order valence-electron chi connectivity index (χ3n) is 7.81. The van der Waals surface area contributed by atoms with Gasteiger partial charge in [0, 0.05) is 42.8 Å². The van der Waals surface area contributed by atoms with E-state index in [4.69, 9.17) is 16.9 Å². The van der Waals surface area contributed by atoms with Gasteiger partial charge in [-0.2, -0.15) is 0 Å². The number of nitrogens with one attached hydrogen (secondary N) is 1. The standard InChI is InChI=1S/C29H35N5O2/c30-23-10-12-24(13-11-23)33(14-15-35)29(36)27-16-20-8-9-21(28(31)32)17-26(20)34(27)18-22-6-3-5-19-4-1-2-7-25(19)22/h1-9,17,23-24,27,35H,10-16,18,30H2,(H3,31,32). The smallest absolute Gasteiger partial charge is 0.245 e. The van der Waals surface area contributed by atoms with E-state index in [1.165, 1.54) is 0 Å². The molecule has 1 atom stereocenters. The van der Waals surface area contributed by atoms with Crippen molar-refractivity contribution in [3.63, 3.8) is 0 Å². The molecule has 0 aromatic heterocycles. The summed E-state index contributed by atoms with van der Waals surface area (Å²) in [5.74, 6) is 0.0588. The number of anilines is 1. The van der Waals surface area contributed by atoms with Crippen LogP contribution in [0.15, 0.2) is 60.7 Å². The number of aliphatic hydroxyl groups excluding tert-OH is 1. The molecule has 1 heterocycles. The van der Waals surface area contributed by atoms with E-state index in [9.17, 15) is 9.90 Å². The number of rotatable bonds is 7. The van der Waals surface area contributed by atoms with Crippen molar-refractivity contribution in [3.05, 3.63) is 77.4 Å². The summed E-state index contributed by atoms with van der Waals surface area (Å²) in [7, 11) is 0. The largest absolute Gasteiger partial charge is 0.395 e. The lowest BCUT2D eigenvalue weighted by molar-refractivity contribution is -0.136. The van der Waals surface area contributed by atoms with E-state index in [1.54, 1.807) is 0 Å². The Balaban J connectivity index is 1.52. The van der Waals surface area contributed by atoms with Crippen molar-refractivity contribution in [1.82, 2.24) is 4.90 Å². The van der Waals surface area contributed by atoms with Gasteiger partial charge in [-0.3, -0.25) is 10.2 Å². The van der Waals surface area contributed by atoms with Crippen LogP contribution in [0, 0.1) is 5.41 Å². The topological polar surface area (TPSA) is 120 Å². The SMILES string of the molecule is N=C(N)c1ccc2c(c1)N(Cc1cccc3ccccc13)C(C(=O)N(CCO)C1CCC(N)CC1)C2. The van der Waals surface area contributed by atoms with E-state index in [0.29, 0.717) is 25.1 Å². The molecule has 2 aliphatic rings. The van der Waals surface area contributed by atoms with E-state index < -0.39 is 0 Å². The number of amidine groups is 1. The van der Waals surface area contributed by atoms with Gasteiger partial charge < -0.3 is 26.4 Å². The molecule has 0 radical (unpaired) electrons. The van der Waals surface area contributed by atoms with Crippen molar-refractivity contribution in [2.45, 2.75) is 56.8 Å². The van der Waals surface area contributed by atoms with Crippen molar-refractivity contribution >= 4 is 28.2 Å². The molecule has 1 fully saturated rings. The zero-order valence-corrected chi connectivity index (χ0v) is 20.6. The summed E-state index contributed by atoms with van der Waals surface area (Å²) < 4.78 is 0. The fourth-order valence-electron chi connectivity index (χ4n) is 5.87. The third kappa shape index (κ3) is 4.68. The molecule has 1 saturated carbocycles. The highest BCUT2D eigenvalue weighted by Gasteiger charge is 2.39. The molecule has 0 bridgehead atoms. The van der Waals surface area contributed by atoms with Crippen LogP contribution >= 0.6 is 0 Å². The highest BCUT2D eigenvalue weighted by molar-refractivity contribution is 5.97. The van der Waals surface area contributed by atoms with Crippen molar-refractivity contribution in [1.29, 1.82) is 5.41 Å². The van der Waals surface area contributed by atoms with Crippen molar-refractivity contribution in [2.24, 2.45) is 11.5 Å². The minimum Gasteiger partial charge on any atom is -0.395 e. The van der Waals surface area contributed by atoms with Crippen molar-refractivity contribution in [2.75, 3.05) is 18.1 Å². The van der Waals surface area contributed by atoms with Gasteiger partial charge in [0.05, 0.1) is 6.61 Å². The monoisotopic (exact) mass is 485 g/mol. The Morgan fingerprint density at radius 2 is 1.81 bits per heavy atom. The average Bonchev–Trinajstić information content (AvgIpc) is 3.25. The highest BCUT2D eigenvalue weighted by Crippen LogP contribution is 2.37. The van der Waals surface area contributed by atoms with Gasteiger partial charge in [-0.25, -0.2) is 0 Å². The predicted molar refractivity (Wildman–Crippen MR) is 144 cm³/mol. The summed E-state index contributed by atoms with van der Waals surface area (Å²) in [5.41, 5.74) is 15.8. The number of carbonyl (C=O) groups is 1. The number of hydrogen-bond acceptors (Lipinski definition) is 5. The number of nitrogens with zero attached hydrogens (tertiary/aromatic N) is 2. The van der Waals surface area contributed by atoms with Crippen LogP contribution in [-0.4, -0.2) is 53.0 Å². The van der Waals surface area contributed by atoms with E-state index in [2.05, 4.69) is 35.2 Å². The Labute approximate surface area is 212 Å². The summed E-state index contributed by atoms with van der Waals surface area (Å²) in [4.78, 5) is 18.2. The van der Waals surface area contributed by atoms with Crippen LogP contribution in [0.1, 0.15) is 42.4 Å². The zero-order valence-electron chi connectivity index (χ0n) is 20.6. The van der Waals surface area contributed by atoms with Gasteiger partial charge in [-0.1, -0.05) is 54.6 Å². The molecule has 1 unspecified atom stereocenters. The second kappa shape index (κ2) is 10.3. The molecule has 1 aliphatic heterocycles. The molecule has 36 heavy (non-hydrogen) atoms. The summed E-state index contributed by atoms with van der Waals surface area (Å²) in [5, 5.41) is 20.1. The maximum absolute atomic E-state index is 14.1. The lowest BCUT2D eigenvalue weighted by Gasteiger charge is -2.39. The maximum atomic E-state index is 14.1. The Morgan fingerprint density at radius 3 is 2.56 bits per heavy atom. The van der Waals surface area contributed by atoms with Crippen molar-refractivity contribution in [3.8, 4) is 0 Å². The zero-order chi connectivity index (χ0) is 25.2. The van der Waals surface area contributed by atoms with Crippen LogP contribution in [0.4, 0.5) is 5.69 Å². The molecule has 0 saturated heterocycles. The van der Waals surface area contributed by atoms with Crippen LogP contribution in [0.3, 0.4) is 0 Å². The second-order valence-electron chi connectivity index (χ2n) is 10.1. The Hall–Kier alpha value is -3.42. The molecule has 6 N–H and O–H groups in total. The van der Waals surface area contributed by atoms with E-state index in [0.717, 1.165) is 53.3 Å². The summed E-state index contributed by atoms with van der Waals surface area (Å²) >= 11 is 0. The molecule has 1 aliphatic carbocycles. The number of carbonyl (C=O) groups excluding carboxylic acids is 1. The van der Waals surface area contributed by atoms with Crippen LogP contribution < -0.4 is 16.4 Å². The van der Waals surface area contributed by atoms with Gasteiger partial charge in [0.25, 0.3) is 0 Å². The van der Waals surface area contributed by atoms with Gasteiger partial charge in [0.2, 0.25) is 5.91 Å². The molecule has 7 heteroatoms. The number of nitrogen functional groups attached to an aromatic ring is 1. The molecular formula is C29H35N5O2. The maximum Gasteiger partial charge on any atom is 0.245 e. The first-order chi connectivity index (χ1) is 17.5. The molecule has 7 nitrogen and oxygen atoms in total. The summed E-state index contributed by atoms with van der Waals surface area (Å²) in [6.45, 7) is 0.826. The van der Waals surface area contributed by atoms with Crippen LogP contribution in [-0.2, 0) is 17.8 Å². The number of nitrogens with two attached hydrogens (primary N) is 2. The van der Waals surface area contributed by atoms with Gasteiger partial charge in [-0.05, 0) is 53.6 Å². The molecule has 3 aromatic carbocycles. The minimum atomic E-state index is -0.386. The normalized spacial score (nSPS) is 21.4. The first kappa shape index (κ1) is 24.3. The molecule has 1 amide bonds. The van der Waals surface area contributed by atoms with E-state index in [1.807, 2.05) is 35.2 Å². The van der Waals surface area contributed by atoms with Crippen LogP contribution in [0.2, 0.25) is 0 Å². The predicted octanol–water partition coefficient (Wildman–Crippen LogP) is 3.15. The Morgan fingerprint density at radius 1 is 1.06 bits per heavy atom. The van der Waals surface area contributed by atoms with Crippen molar-refractivity contribution < 1.29 is 9.90 Å². The summed E-state index contributed by atoms with van der Waals surface area (Å²) in [6, 6.07) is 20.3. The van der Waals surface area contributed by atoms with Gasteiger partial charge in [-0.15, -0.1) is 0 Å². The number of aliphatic hydroxyl groups is 1. The number of hydrogen-bond donors (Lipinski definition) is 4. The number of benzene rings is 3. The first-order valence-corrected chi connectivity index (χ1v) is 12.8. The third-order valence-corrected chi connectivity index (χ3v) is 7.81. The Kier molecular flexibility index (Phi) is 6.94. The fourth-order valence-corrected chi connectivity index (χ4v) is 5.87. The highest BCUT2D eigenvalue weighted by atomic mass is 16.3. The molecule has 5 rings (SSSR count). The molecular weight excluding hydrogens is 450 g/mol. The second-order valence-corrected chi connectivity index (χ2v) is 10.1. The minimum absolute atomic E-state index is 0.0122. The molecule has 188 valence electrons.